The molecule has 1 aliphatic rings. The van der Waals surface area contributed by atoms with E-state index < -0.39 is 10.9 Å². The monoisotopic (exact) mass is 267 g/mol. The molecule has 0 unspecified atom stereocenters. The van der Waals surface area contributed by atoms with Gasteiger partial charge in [-0.1, -0.05) is 12.1 Å². The van der Waals surface area contributed by atoms with Crippen molar-refractivity contribution in [3.8, 4) is 0 Å². The smallest absolute Gasteiger partial charge is 0.342 e. The third kappa shape index (κ3) is 3.95. The van der Waals surface area contributed by atoms with Crippen LogP contribution in [0.2, 0.25) is 0 Å². The van der Waals surface area contributed by atoms with Gasteiger partial charge in [-0.2, -0.15) is 0 Å². The topological polar surface area (TPSA) is 122 Å². The van der Waals surface area contributed by atoms with Crippen LogP contribution in [0.1, 0.15) is 15.9 Å². The summed E-state index contributed by atoms with van der Waals surface area (Å²) in [5.74, 6) is -1.28. The number of nitrogens with zero attached hydrogens (tertiary/aromatic N) is 1. The van der Waals surface area contributed by atoms with Gasteiger partial charge in [0.2, 0.25) is 0 Å². The van der Waals surface area contributed by atoms with Gasteiger partial charge in [-0.05, 0) is 13.0 Å². The Kier molecular flexibility index (Phi) is 4.81. The Hall–Kier alpha value is -2.64. The third-order valence-electron chi connectivity index (χ3n) is 2.35. The summed E-state index contributed by atoms with van der Waals surface area (Å²) in [5, 5.41) is 24.3. The van der Waals surface area contributed by atoms with E-state index in [2.05, 4.69) is 10.6 Å². The van der Waals surface area contributed by atoms with Crippen molar-refractivity contribution in [1.29, 1.82) is 0 Å². The summed E-state index contributed by atoms with van der Waals surface area (Å²) in [6.07, 6.45) is 0. The minimum atomic E-state index is -1.28. The van der Waals surface area contributed by atoms with Gasteiger partial charge in [0, 0.05) is 18.7 Å². The zero-order valence-electron chi connectivity index (χ0n) is 10.2. The molecule has 1 saturated heterocycles. The van der Waals surface area contributed by atoms with E-state index in [0.29, 0.717) is 5.56 Å². The first-order chi connectivity index (χ1) is 8.93. The second kappa shape index (κ2) is 6.34. The molecule has 19 heavy (non-hydrogen) atoms. The molecule has 1 aromatic carbocycles. The maximum absolute atomic E-state index is 10.6. The highest BCUT2D eigenvalue weighted by Crippen LogP contribution is 2.22. The molecule has 1 heterocycles. The fourth-order valence-electron chi connectivity index (χ4n) is 1.49. The Morgan fingerprint density at radius 1 is 1.37 bits per heavy atom. The van der Waals surface area contributed by atoms with Gasteiger partial charge in [-0.25, -0.2) is 9.59 Å². The van der Waals surface area contributed by atoms with Crippen LogP contribution in [0.25, 0.3) is 0 Å². The van der Waals surface area contributed by atoms with E-state index in [4.69, 9.17) is 5.11 Å². The molecule has 8 heteroatoms. The number of amides is 2. The number of carbonyl (C=O) groups is 2. The van der Waals surface area contributed by atoms with Gasteiger partial charge in [0.15, 0.2) is 0 Å². The second-order valence-corrected chi connectivity index (χ2v) is 3.72. The summed E-state index contributed by atoms with van der Waals surface area (Å²) in [7, 11) is 0. The van der Waals surface area contributed by atoms with Crippen molar-refractivity contribution in [3.63, 3.8) is 0 Å². The first-order valence-corrected chi connectivity index (χ1v) is 5.42. The molecule has 3 N–H and O–H groups in total. The highest BCUT2D eigenvalue weighted by Gasteiger charge is 2.21. The molecule has 2 rings (SSSR count). The van der Waals surface area contributed by atoms with Gasteiger partial charge in [-0.3, -0.25) is 10.1 Å². The summed E-state index contributed by atoms with van der Waals surface area (Å²) in [4.78, 5) is 30.4. The third-order valence-corrected chi connectivity index (χ3v) is 2.35. The molecule has 0 aliphatic carbocycles. The average Bonchev–Trinajstić information content (AvgIpc) is 2.80. The number of nitro groups is 1. The van der Waals surface area contributed by atoms with Crippen molar-refractivity contribution in [2.24, 2.45) is 0 Å². The lowest BCUT2D eigenvalue weighted by Crippen LogP contribution is -2.20. The van der Waals surface area contributed by atoms with Gasteiger partial charge in [-0.15, -0.1) is 0 Å². The number of nitrogens with one attached hydrogen (secondary N) is 2. The largest absolute Gasteiger partial charge is 0.477 e. The van der Waals surface area contributed by atoms with Crippen molar-refractivity contribution in [2.45, 2.75) is 6.92 Å². The Morgan fingerprint density at radius 3 is 2.26 bits per heavy atom. The van der Waals surface area contributed by atoms with Crippen molar-refractivity contribution in [1.82, 2.24) is 10.6 Å². The van der Waals surface area contributed by atoms with Crippen LogP contribution in [0.3, 0.4) is 0 Å². The minimum absolute atomic E-state index is 0.0463. The molecule has 1 aromatic rings. The van der Waals surface area contributed by atoms with E-state index in [0.717, 1.165) is 13.1 Å². The fraction of sp³-hybridized carbons (Fsp3) is 0.273. The number of para-hydroxylation sites is 1. The van der Waals surface area contributed by atoms with Gasteiger partial charge < -0.3 is 15.7 Å². The highest BCUT2D eigenvalue weighted by molar-refractivity contribution is 5.92. The van der Waals surface area contributed by atoms with Crippen LogP contribution >= 0.6 is 0 Å². The Bertz CT molecular complexity index is 507. The number of hydrogen-bond donors (Lipinski definition) is 3. The fourth-order valence-corrected chi connectivity index (χ4v) is 1.49. The molecule has 2 amide bonds. The van der Waals surface area contributed by atoms with E-state index in [9.17, 15) is 19.7 Å². The first kappa shape index (κ1) is 14.4. The van der Waals surface area contributed by atoms with Crippen molar-refractivity contribution in [3.05, 3.63) is 39.4 Å². The summed E-state index contributed by atoms with van der Waals surface area (Å²) in [5.41, 5.74) is -0.259. The molecular weight excluding hydrogens is 254 g/mol. The Morgan fingerprint density at radius 2 is 1.95 bits per heavy atom. The van der Waals surface area contributed by atoms with Crippen LogP contribution in [-0.2, 0) is 0 Å². The number of hydrogen-bond acceptors (Lipinski definition) is 4. The molecule has 0 radical (unpaired) electrons. The van der Waals surface area contributed by atoms with Crippen LogP contribution in [0.15, 0.2) is 18.2 Å². The number of urea groups is 1. The van der Waals surface area contributed by atoms with Gasteiger partial charge in [0.25, 0.3) is 5.69 Å². The van der Waals surface area contributed by atoms with Crippen LogP contribution in [-0.4, -0.2) is 35.1 Å². The number of rotatable bonds is 2. The first-order valence-electron chi connectivity index (χ1n) is 5.42. The normalized spacial score (nSPS) is 12.8. The Balaban J connectivity index is 0.000000250. The molecule has 1 fully saturated rings. The molecule has 1 aliphatic heterocycles. The van der Waals surface area contributed by atoms with Crippen LogP contribution < -0.4 is 10.6 Å². The summed E-state index contributed by atoms with van der Waals surface area (Å²) in [6, 6.07) is 4.15. The quantitative estimate of drug-likeness (QED) is 0.543. The number of carbonyl (C=O) groups excluding carboxylic acids is 1. The summed E-state index contributed by atoms with van der Waals surface area (Å²) >= 11 is 0. The molecule has 102 valence electrons. The summed E-state index contributed by atoms with van der Waals surface area (Å²) < 4.78 is 0. The second-order valence-electron chi connectivity index (χ2n) is 3.72. The maximum Gasteiger partial charge on any atom is 0.342 e. The molecule has 8 nitrogen and oxygen atoms in total. The molecule has 0 aromatic heterocycles. The number of nitro benzene ring substituents is 1. The Labute approximate surface area is 108 Å². The predicted molar refractivity (Wildman–Crippen MR) is 66.2 cm³/mol. The highest BCUT2D eigenvalue weighted by atomic mass is 16.6. The minimum Gasteiger partial charge on any atom is -0.477 e. The molecule has 0 saturated carbocycles. The molecular formula is C11H13N3O5. The van der Waals surface area contributed by atoms with Gasteiger partial charge in [0.05, 0.1) is 4.92 Å². The van der Waals surface area contributed by atoms with Crippen molar-refractivity contribution >= 4 is 17.7 Å². The zero-order valence-corrected chi connectivity index (χ0v) is 10.2. The number of aromatic carboxylic acids is 1. The van der Waals surface area contributed by atoms with E-state index in [1.54, 1.807) is 0 Å². The van der Waals surface area contributed by atoms with Crippen molar-refractivity contribution < 1.29 is 19.6 Å². The lowest BCUT2D eigenvalue weighted by atomic mass is 10.1. The van der Waals surface area contributed by atoms with E-state index in [1.165, 1.54) is 25.1 Å². The molecule has 0 spiro atoms. The zero-order chi connectivity index (χ0) is 14.4. The number of carboxylic acid groups (broad SMARTS) is 1. The van der Waals surface area contributed by atoms with Gasteiger partial charge in [0.1, 0.15) is 5.56 Å². The summed E-state index contributed by atoms with van der Waals surface area (Å²) in [6.45, 7) is 3.06. The number of aryl methyl sites for hydroxylation is 1. The maximum atomic E-state index is 10.6. The lowest BCUT2D eigenvalue weighted by Gasteiger charge is -1.99. The predicted octanol–water partition coefficient (Wildman–Crippen LogP) is 0.901. The SMILES string of the molecule is Cc1cccc(C(=O)O)c1[N+](=O)[O-].O=C1NCCN1. The standard InChI is InChI=1S/C8H7NO4.C3H6N2O/c1-5-3-2-4-6(8(10)11)7(5)9(12)13;6-3-4-1-2-5-3/h2-4H,1H3,(H,10,11);1-2H2,(H2,4,5,6). The van der Waals surface area contributed by atoms with Crippen molar-refractivity contribution in [2.75, 3.05) is 13.1 Å². The van der Waals surface area contributed by atoms with E-state index >= 15 is 0 Å². The lowest BCUT2D eigenvalue weighted by molar-refractivity contribution is -0.385. The van der Waals surface area contributed by atoms with E-state index in [1.807, 2.05) is 0 Å². The van der Waals surface area contributed by atoms with E-state index in [-0.39, 0.29) is 17.3 Å². The van der Waals surface area contributed by atoms with Crippen LogP contribution in [0, 0.1) is 17.0 Å². The molecule has 0 atom stereocenters. The number of benzene rings is 1. The molecule has 0 bridgehead atoms. The van der Waals surface area contributed by atoms with Crippen LogP contribution in [0.4, 0.5) is 10.5 Å². The number of carboxylic acids is 1. The van der Waals surface area contributed by atoms with Crippen LogP contribution in [0.5, 0.6) is 0 Å². The van der Waals surface area contributed by atoms with Gasteiger partial charge >= 0.3 is 12.0 Å². The average molecular weight is 267 g/mol.